The van der Waals surface area contributed by atoms with E-state index in [4.69, 9.17) is 0 Å². The van der Waals surface area contributed by atoms with Crippen LogP contribution in [0.25, 0.3) is 0 Å². The number of hydrogen-bond donors (Lipinski definition) is 0. The highest BCUT2D eigenvalue weighted by Crippen LogP contribution is 2.42. The van der Waals surface area contributed by atoms with Gasteiger partial charge in [-0.2, -0.15) is 0 Å². The lowest BCUT2D eigenvalue weighted by molar-refractivity contribution is -0.966. The van der Waals surface area contributed by atoms with Gasteiger partial charge in [-0.3, -0.25) is 0 Å². The molecule has 1 nitrogen and oxygen atoms in total. The van der Waals surface area contributed by atoms with Gasteiger partial charge >= 0.3 is 0 Å². The molecule has 1 heteroatoms. The number of quaternary nitrogens is 1. The molecule has 0 spiro atoms. The highest BCUT2D eigenvalue weighted by Gasteiger charge is 2.43. The first-order valence-corrected chi connectivity index (χ1v) is 7.70. The fraction of sp³-hybridized carbons (Fsp3) is 0.647. The maximum atomic E-state index is 2.53. The van der Waals surface area contributed by atoms with Crippen LogP contribution in [0.3, 0.4) is 0 Å². The van der Waals surface area contributed by atoms with E-state index in [0.29, 0.717) is 0 Å². The van der Waals surface area contributed by atoms with Crippen LogP contribution >= 0.6 is 0 Å². The van der Waals surface area contributed by atoms with Gasteiger partial charge in [0.25, 0.3) is 0 Å². The Morgan fingerprint density at radius 3 is 2.28 bits per heavy atom. The summed E-state index contributed by atoms with van der Waals surface area (Å²) in [6.07, 6.45) is 10.1. The van der Waals surface area contributed by atoms with Crippen LogP contribution in [0, 0.1) is 0 Å². The fourth-order valence-electron chi connectivity index (χ4n) is 4.35. The molecule has 98 valence electrons. The zero-order valence-corrected chi connectivity index (χ0v) is 11.6. The van der Waals surface area contributed by atoms with Gasteiger partial charge in [-0.1, -0.05) is 30.3 Å². The minimum absolute atomic E-state index is 0.753. The summed E-state index contributed by atoms with van der Waals surface area (Å²) in [5, 5.41) is 0. The summed E-state index contributed by atoms with van der Waals surface area (Å²) in [6.45, 7) is 1.39. The predicted molar refractivity (Wildman–Crippen MR) is 76.3 cm³/mol. The molecule has 1 aromatic rings. The van der Waals surface area contributed by atoms with Crippen molar-refractivity contribution in [2.24, 2.45) is 0 Å². The molecule has 18 heavy (non-hydrogen) atoms. The van der Waals surface area contributed by atoms with Crippen molar-refractivity contribution in [1.82, 2.24) is 0 Å². The van der Waals surface area contributed by atoms with Gasteiger partial charge in [-0.15, -0.1) is 0 Å². The third-order valence-corrected chi connectivity index (χ3v) is 5.42. The van der Waals surface area contributed by atoms with E-state index in [1.54, 1.807) is 5.56 Å². The molecule has 1 saturated carbocycles. The number of rotatable bonds is 2. The second-order valence-corrected chi connectivity index (χ2v) is 6.43. The van der Waals surface area contributed by atoms with Gasteiger partial charge in [0.05, 0.1) is 19.6 Å². The van der Waals surface area contributed by atoms with Crippen LogP contribution in [-0.4, -0.2) is 24.1 Å². The molecule has 1 aromatic carbocycles. The lowest BCUT2D eigenvalue weighted by Crippen LogP contribution is -2.55. The van der Waals surface area contributed by atoms with E-state index in [0.717, 1.165) is 12.1 Å². The van der Waals surface area contributed by atoms with Gasteiger partial charge in [-0.25, -0.2) is 0 Å². The van der Waals surface area contributed by atoms with Gasteiger partial charge in [-0.05, 0) is 38.5 Å². The number of benzene rings is 1. The predicted octanol–water partition coefficient (Wildman–Crippen LogP) is 4.30. The summed E-state index contributed by atoms with van der Waals surface area (Å²) in [6, 6.07) is 12.9. The minimum Gasteiger partial charge on any atom is -0.317 e. The molecule has 0 aromatic heterocycles. The van der Waals surface area contributed by atoms with Crippen molar-refractivity contribution < 1.29 is 4.48 Å². The van der Waals surface area contributed by atoms with Crippen molar-refractivity contribution in [1.29, 1.82) is 0 Å². The lowest BCUT2D eigenvalue weighted by atomic mass is 9.90. The molecule has 0 bridgehead atoms. The Kier molecular flexibility index (Phi) is 3.43. The normalized spacial score (nSPS) is 33.7. The van der Waals surface area contributed by atoms with Crippen molar-refractivity contribution >= 4 is 0 Å². The molecule has 3 rings (SSSR count). The van der Waals surface area contributed by atoms with Crippen LogP contribution in [0.5, 0.6) is 0 Å². The molecule has 2 unspecified atom stereocenters. The molecule has 0 amide bonds. The third-order valence-electron chi connectivity index (χ3n) is 5.42. The molecule has 1 saturated heterocycles. The number of likely N-dealkylation sites (tertiary alicyclic amines) is 1. The molecular weight excluding hydrogens is 218 g/mol. The number of piperidine rings is 1. The van der Waals surface area contributed by atoms with Crippen molar-refractivity contribution in [2.75, 3.05) is 13.6 Å². The molecule has 1 aliphatic carbocycles. The van der Waals surface area contributed by atoms with Crippen molar-refractivity contribution in [3.8, 4) is 0 Å². The second kappa shape index (κ2) is 5.05. The Labute approximate surface area is 111 Å². The van der Waals surface area contributed by atoms with Crippen LogP contribution in [-0.2, 0) is 0 Å². The van der Waals surface area contributed by atoms with Crippen molar-refractivity contribution in [3.63, 3.8) is 0 Å². The van der Waals surface area contributed by atoms with Gasteiger partial charge in [0.1, 0.15) is 6.04 Å². The van der Waals surface area contributed by atoms with Crippen LogP contribution in [0.1, 0.15) is 56.6 Å². The Bertz CT molecular complexity index is 380. The minimum atomic E-state index is 0.753. The topological polar surface area (TPSA) is 0 Å². The largest absolute Gasteiger partial charge is 0.317 e. The second-order valence-electron chi connectivity index (χ2n) is 6.43. The van der Waals surface area contributed by atoms with E-state index in [1.165, 1.54) is 56.0 Å². The maximum absolute atomic E-state index is 2.53. The average molecular weight is 244 g/mol. The van der Waals surface area contributed by atoms with Crippen LogP contribution in [0.4, 0.5) is 0 Å². The summed E-state index contributed by atoms with van der Waals surface area (Å²) < 4.78 is 1.32. The highest BCUT2D eigenvalue weighted by atomic mass is 15.4. The Morgan fingerprint density at radius 2 is 1.56 bits per heavy atom. The van der Waals surface area contributed by atoms with Crippen LogP contribution in [0.15, 0.2) is 30.3 Å². The molecule has 1 aliphatic heterocycles. The van der Waals surface area contributed by atoms with Crippen LogP contribution in [0.2, 0.25) is 0 Å². The molecule has 2 aliphatic rings. The first-order valence-electron chi connectivity index (χ1n) is 7.70. The number of hydrogen-bond acceptors (Lipinski definition) is 0. The summed E-state index contributed by atoms with van der Waals surface area (Å²) in [4.78, 5) is 0. The monoisotopic (exact) mass is 244 g/mol. The van der Waals surface area contributed by atoms with E-state index in [9.17, 15) is 0 Å². The van der Waals surface area contributed by atoms with Gasteiger partial charge in [0.15, 0.2) is 0 Å². The van der Waals surface area contributed by atoms with Crippen LogP contribution < -0.4 is 0 Å². The number of nitrogens with zero attached hydrogens (tertiary/aromatic N) is 1. The zero-order valence-electron chi connectivity index (χ0n) is 11.6. The first-order chi connectivity index (χ1) is 8.81. The summed E-state index contributed by atoms with van der Waals surface area (Å²) in [5.41, 5.74) is 1.58. The molecule has 1 heterocycles. The van der Waals surface area contributed by atoms with Crippen molar-refractivity contribution in [2.45, 2.75) is 57.0 Å². The zero-order chi connectivity index (χ0) is 12.4. The van der Waals surface area contributed by atoms with Crippen molar-refractivity contribution in [3.05, 3.63) is 35.9 Å². The quantitative estimate of drug-likeness (QED) is 0.680. The Hall–Kier alpha value is -0.820. The van der Waals surface area contributed by atoms with E-state index >= 15 is 0 Å². The highest BCUT2D eigenvalue weighted by molar-refractivity contribution is 5.18. The summed E-state index contributed by atoms with van der Waals surface area (Å²) in [5.74, 6) is 0. The molecule has 0 N–H and O–H groups in total. The molecule has 2 fully saturated rings. The van der Waals surface area contributed by atoms with E-state index in [-0.39, 0.29) is 0 Å². The van der Waals surface area contributed by atoms with Gasteiger partial charge < -0.3 is 4.48 Å². The SMILES string of the molecule is C[N+]1(C2CCCC2)CCCCC1c1ccccc1. The standard InChI is InChI=1S/C17H26N/c1-18(16-11-5-6-12-16)14-8-7-13-17(18)15-9-3-2-4-10-15/h2-4,9-10,16-17H,5-8,11-14H2,1H3/q+1. The summed E-state index contributed by atoms with van der Waals surface area (Å²) in [7, 11) is 2.53. The summed E-state index contributed by atoms with van der Waals surface area (Å²) >= 11 is 0. The fourth-order valence-corrected chi connectivity index (χ4v) is 4.35. The first kappa shape index (κ1) is 12.2. The van der Waals surface area contributed by atoms with E-state index in [1.807, 2.05) is 0 Å². The molecular formula is C17H26N+. The third kappa shape index (κ3) is 2.09. The smallest absolute Gasteiger partial charge is 0.115 e. The van der Waals surface area contributed by atoms with E-state index in [2.05, 4.69) is 37.4 Å². The van der Waals surface area contributed by atoms with Gasteiger partial charge in [0, 0.05) is 12.0 Å². The Morgan fingerprint density at radius 1 is 0.889 bits per heavy atom. The molecule has 2 atom stereocenters. The molecule has 0 radical (unpaired) electrons. The lowest BCUT2D eigenvalue weighted by Gasteiger charge is -2.49. The maximum Gasteiger partial charge on any atom is 0.115 e. The van der Waals surface area contributed by atoms with E-state index < -0.39 is 0 Å². The average Bonchev–Trinajstić information content (AvgIpc) is 2.95. The Balaban J connectivity index is 1.89. The van der Waals surface area contributed by atoms with Gasteiger partial charge in [0.2, 0.25) is 0 Å².